The van der Waals surface area contributed by atoms with Crippen LogP contribution in [0.4, 0.5) is 0 Å². The molecule has 1 aromatic rings. The van der Waals surface area contributed by atoms with E-state index < -0.39 is 5.97 Å². The number of aryl methyl sites for hydroxylation is 1. The molecule has 2 N–H and O–H groups in total. The van der Waals surface area contributed by atoms with Gasteiger partial charge in [0, 0.05) is 31.9 Å². The topological polar surface area (TPSA) is 84.2 Å². The fourth-order valence-electron chi connectivity index (χ4n) is 2.76. The Morgan fingerprint density at radius 2 is 2.15 bits per heavy atom. The standard InChI is InChI=1S/C14H21N3O3/c18-13(6-9-17-8-3-7-16-17)15-10-11-4-1-2-5-12(11)14(19)20/h3,7-8,11-12H,1-2,4-6,9-10H2,(H,15,18)(H,19,20). The third-order valence-electron chi connectivity index (χ3n) is 3.91. The van der Waals surface area contributed by atoms with Crippen molar-refractivity contribution < 1.29 is 14.7 Å². The number of nitrogens with zero attached hydrogens (tertiary/aromatic N) is 2. The molecule has 1 fully saturated rings. The summed E-state index contributed by atoms with van der Waals surface area (Å²) in [6.07, 6.45) is 7.50. The number of aromatic nitrogens is 2. The highest BCUT2D eigenvalue weighted by atomic mass is 16.4. The summed E-state index contributed by atoms with van der Waals surface area (Å²) in [5.74, 6) is -1.03. The first kappa shape index (κ1) is 14.6. The molecule has 1 amide bonds. The van der Waals surface area contributed by atoms with Gasteiger partial charge in [0.2, 0.25) is 5.91 Å². The second-order valence-corrected chi connectivity index (χ2v) is 5.31. The van der Waals surface area contributed by atoms with Gasteiger partial charge in [-0.25, -0.2) is 0 Å². The van der Waals surface area contributed by atoms with E-state index in [1.807, 2.05) is 12.3 Å². The van der Waals surface area contributed by atoms with Crippen molar-refractivity contribution in [1.82, 2.24) is 15.1 Å². The highest BCUT2D eigenvalue weighted by molar-refractivity contribution is 5.76. The van der Waals surface area contributed by atoms with Gasteiger partial charge in [0.25, 0.3) is 0 Å². The van der Waals surface area contributed by atoms with Gasteiger partial charge in [-0.05, 0) is 24.8 Å². The van der Waals surface area contributed by atoms with Crippen LogP contribution in [0.25, 0.3) is 0 Å². The average molecular weight is 279 g/mol. The van der Waals surface area contributed by atoms with E-state index in [1.54, 1.807) is 10.9 Å². The first-order valence-corrected chi connectivity index (χ1v) is 7.14. The summed E-state index contributed by atoms with van der Waals surface area (Å²) in [4.78, 5) is 22.9. The lowest BCUT2D eigenvalue weighted by atomic mass is 9.79. The fraction of sp³-hybridized carbons (Fsp3) is 0.643. The van der Waals surface area contributed by atoms with Crippen molar-refractivity contribution in [3.05, 3.63) is 18.5 Å². The van der Waals surface area contributed by atoms with Gasteiger partial charge in [0.05, 0.1) is 5.92 Å². The van der Waals surface area contributed by atoms with Crippen LogP contribution >= 0.6 is 0 Å². The number of hydrogen-bond donors (Lipinski definition) is 2. The molecule has 1 saturated carbocycles. The first-order chi connectivity index (χ1) is 9.66. The molecule has 0 aliphatic heterocycles. The van der Waals surface area contributed by atoms with Gasteiger partial charge in [-0.1, -0.05) is 12.8 Å². The number of aliphatic carboxylic acids is 1. The molecule has 0 bridgehead atoms. The zero-order valence-electron chi connectivity index (χ0n) is 11.5. The zero-order valence-corrected chi connectivity index (χ0v) is 11.5. The number of rotatable bonds is 6. The average Bonchev–Trinajstić information content (AvgIpc) is 2.96. The molecule has 2 atom stereocenters. The molecule has 20 heavy (non-hydrogen) atoms. The van der Waals surface area contributed by atoms with Crippen LogP contribution in [0.2, 0.25) is 0 Å². The number of nitrogens with one attached hydrogen (secondary N) is 1. The van der Waals surface area contributed by atoms with E-state index in [9.17, 15) is 14.7 Å². The Hall–Kier alpha value is -1.85. The van der Waals surface area contributed by atoms with Crippen molar-refractivity contribution >= 4 is 11.9 Å². The summed E-state index contributed by atoms with van der Waals surface area (Å²) < 4.78 is 1.71. The molecule has 110 valence electrons. The van der Waals surface area contributed by atoms with Crippen LogP contribution in [0.3, 0.4) is 0 Å². The van der Waals surface area contributed by atoms with Gasteiger partial charge in [-0.3, -0.25) is 14.3 Å². The maximum absolute atomic E-state index is 11.8. The quantitative estimate of drug-likeness (QED) is 0.821. The molecule has 6 heteroatoms. The minimum Gasteiger partial charge on any atom is -0.481 e. The number of carboxylic acid groups (broad SMARTS) is 1. The van der Waals surface area contributed by atoms with Gasteiger partial charge in [0.15, 0.2) is 0 Å². The van der Waals surface area contributed by atoms with Crippen LogP contribution in [0.5, 0.6) is 0 Å². The number of carboxylic acids is 1. The van der Waals surface area contributed by atoms with Crippen LogP contribution < -0.4 is 5.32 Å². The molecule has 2 rings (SSSR count). The predicted octanol–water partition coefficient (Wildman–Crippen LogP) is 1.28. The number of carbonyl (C=O) groups excluding carboxylic acids is 1. The SMILES string of the molecule is O=C(CCn1cccn1)NCC1CCCCC1C(=O)O. The maximum Gasteiger partial charge on any atom is 0.306 e. The van der Waals surface area contributed by atoms with Gasteiger partial charge in [-0.2, -0.15) is 5.10 Å². The second-order valence-electron chi connectivity index (χ2n) is 5.31. The van der Waals surface area contributed by atoms with Crippen molar-refractivity contribution in [1.29, 1.82) is 0 Å². The lowest BCUT2D eigenvalue weighted by molar-refractivity contribution is -0.145. The molecule has 0 aromatic carbocycles. The van der Waals surface area contributed by atoms with Crippen molar-refractivity contribution in [2.24, 2.45) is 11.8 Å². The van der Waals surface area contributed by atoms with E-state index in [-0.39, 0.29) is 17.7 Å². The molecule has 1 heterocycles. The van der Waals surface area contributed by atoms with Gasteiger partial charge in [-0.15, -0.1) is 0 Å². The maximum atomic E-state index is 11.8. The van der Waals surface area contributed by atoms with Gasteiger partial charge >= 0.3 is 5.97 Å². The Morgan fingerprint density at radius 3 is 2.85 bits per heavy atom. The first-order valence-electron chi connectivity index (χ1n) is 7.14. The van der Waals surface area contributed by atoms with Crippen LogP contribution in [-0.4, -0.2) is 33.3 Å². The van der Waals surface area contributed by atoms with Crippen molar-refractivity contribution in [3.8, 4) is 0 Å². The summed E-state index contributed by atoms with van der Waals surface area (Å²) in [6, 6.07) is 1.82. The van der Waals surface area contributed by atoms with E-state index in [4.69, 9.17) is 0 Å². The number of carbonyl (C=O) groups is 2. The third-order valence-corrected chi connectivity index (χ3v) is 3.91. The van der Waals surface area contributed by atoms with E-state index in [1.165, 1.54) is 0 Å². The van der Waals surface area contributed by atoms with Crippen LogP contribution in [0.1, 0.15) is 32.1 Å². The summed E-state index contributed by atoms with van der Waals surface area (Å²) in [5.41, 5.74) is 0. The van der Waals surface area contributed by atoms with Crippen molar-refractivity contribution in [3.63, 3.8) is 0 Å². The Morgan fingerprint density at radius 1 is 1.35 bits per heavy atom. The molecular weight excluding hydrogens is 258 g/mol. The van der Waals surface area contributed by atoms with E-state index >= 15 is 0 Å². The molecule has 1 aromatic heterocycles. The van der Waals surface area contributed by atoms with Crippen LogP contribution in [0.15, 0.2) is 18.5 Å². The smallest absolute Gasteiger partial charge is 0.306 e. The summed E-state index contributed by atoms with van der Waals surface area (Å²) in [5, 5.41) is 16.1. The fourth-order valence-corrected chi connectivity index (χ4v) is 2.76. The van der Waals surface area contributed by atoms with Gasteiger partial charge in [0.1, 0.15) is 0 Å². The predicted molar refractivity (Wildman–Crippen MR) is 72.9 cm³/mol. The second kappa shape index (κ2) is 7.07. The van der Waals surface area contributed by atoms with Crippen molar-refractivity contribution in [2.75, 3.05) is 6.54 Å². The Balaban J connectivity index is 1.72. The summed E-state index contributed by atoms with van der Waals surface area (Å²) in [6.45, 7) is 1.01. The van der Waals surface area contributed by atoms with E-state index in [0.29, 0.717) is 19.5 Å². The lowest BCUT2D eigenvalue weighted by Crippen LogP contribution is -2.37. The molecule has 0 saturated heterocycles. The number of amides is 1. The minimum absolute atomic E-state index is 0.0461. The zero-order chi connectivity index (χ0) is 14.4. The molecule has 0 radical (unpaired) electrons. The minimum atomic E-state index is -0.736. The Bertz CT molecular complexity index is 445. The monoisotopic (exact) mass is 279 g/mol. The Kier molecular flexibility index (Phi) is 5.15. The highest BCUT2D eigenvalue weighted by Gasteiger charge is 2.30. The molecule has 0 spiro atoms. The van der Waals surface area contributed by atoms with E-state index in [2.05, 4.69) is 10.4 Å². The van der Waals surface area contributed by atoms with Crippen molar-refractivity contribution in [2.45, 2.75) is 38.6 Å². The summed E-state index contributed by atoms with van der Waals surface area (Å²) in [7, 11) is 0. The summed E-state index contributed by atoms with van der Waals surface area (Å²) >= 11 is 0. The lowest BCUT2D eigenvalue weighted by Gasteiger charge is -2.28. The highest BCUT2D eigenvalue weighted by Crippen LogP contribution is 2.29. The molecular formula is C14H21N3O3. The number of hydrogen-bond acceptors (Lipinski definition) is 3. The third kappa shape index (κ3) is 4.08. The van der Waals surface area contributed by atoms with Crippen LogP contribution in [-0.2, 0) is 16.1 Å². The Labute approximate surface area is 118 Å². The normalized spacial score (nSPS) is 22.4. The molecule has 2 unspecified atom stereocenters. The molecule has 1 aliphatic carbocycles. The molecule has 6 nitrogen and oxygen atoms in total. The van der Waals surface area contributed by atoms with Gasteiger partial charge < -0.3 is 10.4 Å². The molecule has 1 aliphatic rings. The van der Waals surface area contributed by atoms with Crippen LogP contribution in [0, 0.1) is 11.8 Å². The largest absolute Gasteiger partial charge is 0.481 e. The van der Waals surface area contributed by atoms with E-state index in [0.717, 1.165) is 25.7 Å².